The van der Waals surface area contributed by atoms with E-state index in [9.17, 15) is 9.50 Å². The SMILES string of the molecule is CCOc1cc(F)ccc1[C@H](C)O. The molecule has 1 aromatic carbocycles. The van der Waals surface area contributed by atoms with Crippen molar-refractivity contribution in [2.45, 2.75) is 20.0 Å². The number of aliphatic hydroxyl groups excluding tert-OH is 1. The van der Waals surface area contributed by atoms with Gasteiger partial charge in [0.25, 0.3) is 0 Å². The first-order valence-corrected chi connectivity index (χ1v) is 4.25. The number of hydrogen-bond donors (Lipinski definition) is 1. The summed E-state index contributed by atoms with van der Waals surface area (Å²) in [6.45, 7) is 3.90. The molecule has 1 rings (SSSR count). The fourth-order valence-corrected chi connectivity index (χ4v) is 1.13. The lowest BCUT2D eigenvalue weighted by atomic mass is 10.1. The minimum absolute atomic E-state index is 0.354. The molecular weight excluding hydrogens is 171 g/mol. The molecular formula is C10H13FO2. The zero-order chi connectivity index (χ0) is 9.84. The largest absolute Gasteiger partial charge is 0.493 e. The van der Waals surface area contributed by atoms with Crippen LogP contribution in [0.25, 0.3) is 0 Å². The maximum Gasteiger partial charge on any atom is 0.127 e. The minimum atomic E-state index is -0.637. The Balaban J connectivity index is 3.03. The van der Waals surface area contributed by atoms with Gasteiger partial charge in [-0.1, -0.05) is 0 Å². The summed E-state index contributed by atoms with van der Waals surface area (Å²) >= 11 is 0. The molecule has 0 aliphatic carbocycles. The first-order valence-electron chi connectivity index (χ1n) is 4.25. The molecule has 0 saturated carbocycles. The maximum atomic E-state index is 12.8. The van der Waals surface area contributed by atoms with E-state index in [1.165, 1.54) is 18.2 Å². The average molecular weight is 184 g/mol. The fourth-order valence-electron chi connectivity index (χ4n) is 1.13. The van der Waals surface area contributed by atoms with E-state index in [0.29, 0.717) is 17.9 Å². The monoisotopic (exact) mass is 184 g/mol. The van der Waals surface area contributed by atoms with Crippen molar-refractivity contribution >= 4 is 0 Å². The van der Waals surface area contributed by atoms with Gasteiger partial charge < -0.3 is 9.84 Å². The molecule has 0 spiro atoms. The predicted molar refractivity (Wildman–Crippen MR) is 48.2 cm³/mol. The van der Waals surface area contributed by atoms with Crippen LogP contribution in [0.15, 0.2) is 18.2 Å². The molecule has 72 valence electrons. The smallest absolute Gasteiger partial charge is 0.127 e. The van der Waals surface area contributed by atoms with Crippen LogP contribution >= 0.6 is 0 Å². The molecule has 0 heterocycles. The lowest BCUT2D eigenvalue weighted by Crippen LogP contribution is -2.00. The summed E-state index contributed by atoms with van der Waals surface area (Å²) in [5, 5.41) is 9.32. The van der Waals surface area contributed by atoms with Gasteiger partial charge in [0.15, 0.2) is 0 Å². The second-order valence-electron chi connectivity index (χ2n) is 2.79. The van der Waals surface area contributed by atoms with E-state index in [2.05, 4.69) is 0 Å². The zero-order valence-corrected chi connectivity index (χ0v) is 7.75. The van der Waals surface area contributed by atoms with E-state index in [1.54, 1.807) is 6.92 Å². The second kappa shape index (κ2) is 4.23. The highest BCUT2D eigenvalue weighted by molar-refractivity contribution is 5.35. The van der Waals surface area contributed by atoms with Crippen molar-refractivity contribution in [1.82, 2.24) is 0 Å². The normalized spacial score (nSPS) is 12.6. The number of ether oxygens (including phenoxy) is 1. The van der Waals surface area contributed by atoms with Crippen molar-refractivity contribution < 1.29 is 14.2 Å². The minimum Gasteiger partial charge on any atom is -0.493 e. The van der Waals surface area contributed by atoms with Crippen LogP contribution in [0, 0.1) is 5.82 Å². The molecule has 0 unspecified atom stereocenters. The first kappa shape index (κ1) is 9.99. The number of rotatable bonds is 3. The van der Waals surface area contributed by atoms with E-state index in [0.717, 1.165) is 0 Å². The summed E-state index contributed by atoms with van der Waals surface area (Å²) < 4.78 is 18.0. The molecule has 1 atom stereocenters. The van der Waals surface area contributed by atoms with Crippen LogP contribution in [0.1, 0.15) is 25.5 Å². The first-order chi connectivity index (χ1) is 6.15. The highest BCUT2D eigenvalue weighted by atomic mass is 19.1. The van der Waals surface area contributed by atoms with Gasteiger partial charge in [-0.25, -0.2) is 4.39 Å². The molecule has 1 aromatic rings. The Labute approximate surface area is 77.0 Å². The number of hydrogen-bond acceptors (Lipinski definition) is 2. The Morgan fingerprint density at radius 2 is 2.23 bits per heavy atom. The van der Waals surface area contributed by atoms with Crippen LogP contribution in [0.3, 0.4) is 0 Å². The van der Waals surface area contributed by atoms with Gasteiger partial charge in [-0.15, -0.1) is 0 Å². The highest BCUT2D eigenvalue weighted by Crippen LogP contribution is 2.25. The highest BCUT2D eigenvalue weighted by Gasteiger charge is 2.09. The molecule has 0 aliphatic rings. The van der Waals surface area contributed by atoms with Gasteiger partial charge in [-0.05, 0) is 26.0 Å². The third-order valence-electron chi connectivity index (χ3n) is 1.73. The van der Waals surface area contributed by atoms with Crippen molar-refractivity contribution in [2.24, 2.45) is 0 Å². The molecule has 2 nitrogen and oxygen atoms in total. The number of aliphatic hydroxyl groups is 1. The summed E-state index contributed by atoms with van der Waals surface area (Å²) in [4.78, 5) is 0. The van der Waals surface area contributed by atoms with Gasteiger partial charge in [0, 0.05) is 11.6 Å². The van der Waals surface area contributed by atoms with Gasteiger partial charge in [0.05, 0.1) is 12.7 Å². The number of halogens is 1. The standard InChI is InChI=1S/C10H13FO2/c1-3-13-10-6-8(11)4-5-9(10)7(2)12/h4-7,12H,3H2,1-2H3/t7-/m0/s1. The molecule has 0 bridgehead atoms. The zero-order valence-electron chi connectivity index (χ0n) is 7.75. The molecule has 0 aliphatic heterocycles. The van der Waals surface area contributed by atoms with Crippen molar-refractivity contribution in [2.75, 3.05) is 6.61 Å². The van der Waals surface area contributed by atoms with Crippen LogP contribution < -0.4 is 4.74 Å². The van der Waals surface area contributed by atoms with Gasteiger partial charge in [-0.2, -0.15) is 0 Å². The second-order valence-corrected chi connectivity index (χ2v) is 2.79. The maximum absolute atomic E-state index is 12.8. The summed E-state index contributed by atoms with van der Waals surface area (Å²) in [7, 11) is 0. The molecule has 3 heteroatoms. The van der Waals surface area contributed by atoms with Crippen LogP contribution in [-0.4, -0.2) is 11.7 Å². The van der Waals surface area contributed by atoms with Crippen LogP contribution in [0.2, 0.25) is 0 Å². The Morgan fingerprint density at radius 1 is 1.54 bits per heavy atom. The van der Waals surface area contributed by atoms with Crippen molar-refractivity contribution in [3.63, 3.8) is 0 Å². The lowest BCUT2D eigenvalue weighted by Gasteiger charge is -2.11. The van der Waals surface area contributed by atoms with Gasteiger partial charge >= 0.3 is 0 Å². The van der Waals surface area contributed by atoms with E-state index in [-0.39, 0.29) is 5.82 Å². The predicted octanol–water partition coefficient (Wildman–Crippen LogP) is 2.28. The molecule has 0 aromatic heterocycles. The summed E-state index contributed by atoms with van der Waals surface area (Å²) in [6.07, 6.45) is -0.637. The Kier molecular flexibility index (Phi) is 3.25. The molecule has 0 fully saturated rings. The number of benzene rings is 1. The van der Waals surface area contributed by atoms with Crippen molar-refractivity contribution in [1.29, 1.82) is 0 Å². The fraction of sp³-hybridized carbons (Fsp3) is 0.400. The van der Waals surface area contributed by atoms with E-state index in [1.807, 2.05) is 6.92 Å². The van der Waals surface area contributed by atoms with Crippen molar-refractivity contribution in [3.05, 3.63) is 29.6 Å². The molecule has 13 heavy (non-hydrogen) atoms. The van der Waals surface area contributed by atoms with E-state index >= 15 is 0 Å². The Hall–Kier alpha value is -1.09. The summed E-state index contributed by atoms with van der Waals surface area (Å²) in [5.41, 5.74) is 0.614. The molecule has 0 radical (unpaired) electrons. The summed E-state index contributed by atoms with van der Waals surface area (Å²) in [5.74, 6) is 0.0605. The quantitative estimate of drug-likeness (QED) is 0.780. The third kappa shape index (κ3) is 2.42. The Bertz CT molecular complexity index is 284. The average Bonchev–Trinajstić information content (AvgIpc) is 2.04. The third-order valence-corrected chi connectivity index (χ3v) is 1.73. The Morgan fingerprint density at radius 3 is 2.77 bits per heavy atom. The molecule has 0 amide bonds. The van der Waals surface area contributed by atoms with Crippen LogP contribution in [0.4, 0.5) is 4.39 Å². The lowest BCUT2D eigenvalue weighted by molar-refractivity contribution is 0.192. The van der Waals surface area contributed by atoms with Gasteiger partial charge in [-0.3, -0.25) is 0 Å². The van der Waals surface area contributed by atoms with Gasteiger partial charge in [0.2, 0.25) is 0 Å². The van der Waals surface area contributed by atoms with E-state index in [4.69, 9.17) is 4.74 Å². The van der Waals surface area contributed by atoms with Gasteiger partial charge in [0.1, 0.15) is 11.6 Å². The van der Waals surface area contributed by atoms with E-state index < -0.39 is 6.10 Å². The van der Waals surface area contributed by atoms with Crippen LogP contribution in [-0.2, 0) is 0 Å². The molecule has 0 saturated heterocycles. The van der Waals surface area contributed by atoms with Crippen LogP contribution in [0.5, 0.6) is 5.75 Å². The summed E-state index contributed by atoms with van der Waals surface area (Å²) in [6, 6.07) is 4.13. The topological polar surface area (TPSA) is 29.5 Å². The van der Waals surface area contributed by atoms with Crippen molar-refractivity contribution in [3.8, 4) is 5.75 Å². The molecule has 1 N–H and O–H groups in total.